The first-order chi connectivity index (χ1) is 7.79. The van der Waals surface area contributed by atoms with Gasteiger partial charge in [0.2, 0.25) is 0 Å². The summed E-state index contributed by atoms with van der Waals surface area (Å²) in [5, 5.41) is 0. The molecule has 0 saturated heterocycles. The maximum Gasteiger partial charge on any atom is 0.0490 e. The van der Waals surface area contributed by atoms with Crippen LogP contribution in [0.3, 0.4) is 0 Å². The Hall–Kier alpha value is -0.0400. The Labute approximate surface area is 119 Å². The second-order valence-corrected chi connectivity index (χ2v) is 6.26. The van der Waals surface area contributed by atoms with E-state index >= 15 is 0 Å². The highest BCUT2D eigenvalue weighted by atomic mass is 16.5. The van der Waals surface area contributed by atoms with Crippen LogP contribution in [0, 0.1) is 23.7 Å². The maximum atomic E-state index is 5.28. The standard InChI is InChI=1S/C15H28O.2CH4.2H2/c1-12-3-7-14(8-4-12)15-9-5-13(6-10-15)11-16-2;;;;/h12-15H,3-11H2,1-2H3;2*1H4;2*1H. The van der Waals surface area contributed by atoms with E-state index in [1.54, 1.807) is 0 Å². The van der Waals surface area contributed by atoms with Crippen molar-refractivity contribution in [2.75, 3.05) is 13.7 Å². The second kappa shape index (κ2) is 8.96. The van der Waals surface area contributed by atoms with E-state index < -0.39 is 0 Å². The first-order valence-electron chi connectivity index (χ1n) is 7.28. The molecule has 0 aromatic heterocycles. The van der Waals surface area contributed by atoms with Gasteiger partial charge in [0.1, 0.15) is 0 Å². The normalized spacial score (nSPS) is 36.3. The molecule has 2 rings (SSSR count). The highest BCUT2D eigenvalue weighted by Crippen LogP contribution is 2.41. The van der Waals surface area contributed by atoms with Crippen LogP contribution in [0.25, 0.3) is 0 Å². The number of ether oxygens (including phenoxy) is 1. The van der Waals surface area contributed by atoms with E-state index in [9.17, 15) is 0 Å². The van der Waals surface area contributed by atoms with Crippen LogP contribution in [-0.4, -0.2) is 13.7 Å². The van der Waals surface area contributed by atoms with Gasteiger partial charge in [-0.1, -0.05) is 34.6 Å². The van der Waals surface area contributed by atoms with Gasteiger partial charge in [0.25, 0.3) is 0 Å². The Kier molecular flexibility index (Phi) is 8.94. The third-order valence-corrected chi connectivity index (χ3v) is 5.02. The van der Waals surface area contributed by atoms with Crippen molar-refractivity contribution < 1.29 is 7.59 Å². The molecule has 0 amide bonds. The van der Waals surface area contributed by atoms with Gasteiger partial charge in [-0.05, 0) is 62.2 Å². The molecule has 0 heterocycles. The fraction of sp³-hybridized carbons (Fsp3) is 1.00. The minimum Gasteiger partial charge on any atom is -0.384 e. The van der Waals surface area contributed by atoms with Crippen molar-refractivity contribution in [3.8, 4) is 0 Å². The van der Waals surface area contributed by atoms with Gasteiger partial charge in [-0.3, -0.25) is 0 Å². The minimum atomic E-state index is 0. The zero-order chi connectivity index (χ0) is 11.4. The van der Waals surface area contributed by atoms with Gasteiger partial charge in [0.05, 0.1) is 0 Å². The van der Waals surface area contributed by atoms with Crippen molar-refractivity contribution in [1.82, 2.24) is 0 Å². The summed E-state index contributed by atoms with van der Waals surface area (Å²) in [6, 6.07) is 0. The third kappa shape index (κ3) is 4.91. The lowest BCUT2D eigenvalue weighted by molar-refractivity contribution is 0.0944. The Morgan fingerprint density at radius 3 is 1.72 bits per heavy atom. The molecule has 114 valence electrons. The predicted molar refractivity (Wildman–Crippen MR) is 86.1 cm³/mol. The first kappa shape index (κ1) is 18.0. The molecule has 0 radical (unpaired) electrons. The zero-order valence-electron chi connectivity index (χ0n) is 11.1. The van der Waals surface area contributed by atoms with Gasteiger partial charge in [0, 0.05) is 16.6 Å². The van der Waals surface area contributed by atoms with E-state index in [4.69, 9.17) is 4.74 Å². The fourth-order valence-corrected chi connectivity index (χ4v) is 3.82. The molecule has 0 N–H and O–H groups in total. The molecule has 0 aliphatic heterocycles. The average molecular weight is 261 g/mol. The van der Waals surface area contributed by atoms with Crippen molar-refractivity contribution in [2.45, 2.75) is 73.1 Å². The quantitative estimate of drug-likeness (QED) is 0.602. The third-order valence-electron chi connectivity index (χ3n) is 5.02. The molecule has 0 spiro atoms. The SMILES string of the molecule is C.C.COCC1CCC(C2CCC(C)CC2)CC1.[HH].[HH]. The van der Waals surface area contributed by atoms with Crippen molar-refractivity contribution in [3.05, 3.63) is 0 Å². The van der Waals surface area contributed by atoms with Gasteiger partial charge in [0.15, 0.2) is 0 Å². The second-order valence-electron chi connectivity index (χ2n) is 6.26. The van der Waals surface area contributed by atoms with Crippen molar-refractivity contribution in [1.29, 1.82) is 0 Å². The summed E-state index contributed by atoms with van der Waals surface area (Å²) in [6.07, 6.45) is 11.8. The van der Waals surface area contributed by atoms with E-state index in [1.165, 1.54) is 51.4 Å². The lowest BCUT2D eigenvalue weighted by Crippen LogP contribution is -2.26. The molecule has 2 aliphatic carbocycles. The summed E-state index contributed by atoms with van der Waals surface area (Å²) in [5.41, 5.74) is 0. The van der Waals surface area contributed by atoms with Gasteiger partial charge in [-0.15, -0.1) is 0 Å². The van der Waals surface area contributed by atoms with Crippen LogP contribution in [0.15, 0.2) is 0 Å². The topological polar surface area (TPSA) is 9.23 Å². The summed E-state index contributed by atoms with van der Waals surface area (Å²) < 4.78 is 5.28. The highest BCUT2D eigenvalue weighted by Gasteiger charge is 2.29. The number of methoxy groups -OCH3 is 1. The molecule has 2 saturated carbocycles. The van der Waals surface area contributed by atoms with Gasteiger partial charge >= 0.3 is 0 Å². The van der Waals surface area contributed by atoms with Crippen LogP contribution < -0.4 is 0 Å². The van der Waals surface area contributed by atoms with Gasteiger partial charge in [-0.2, -0.15) is 0 Å². The average Bonchev–Trinajstić information content (AvgIpc) is 2.32. The number of hydrogen-bond donors (Lipinski definition) is 0. The first-order valence-corrected chi connectivity index (χ1v) is 7.28. The van der Waals surface area contributed by atoms with E-state index in [0.717, 1.165) is 30.3 Å². The van der Waals surface area contributed by atoms with Crippen LogP contribution in [0.5, 0.6) is 0 Å². The molecule has 0 aromatic carbocycles. The van der Waals surface area contributed by atoms with E-state index in [2.05, 4.69) is 6.92 Å². The monoisotopic (exact) mass is 260 g/mol. The summed E-state index contributed by atoms with van der Waals surface area (Å²) >= 11 is 0. The molecule has 0 bridgehead atoms. The molecule has 1 heteroatoms. The van der Waals surface area contributed by atoms with Crippen molar-refractivity contribution >= 4 is 0 Å². The van der Waals surface area contributed by atoms with Crippen LogP contribution in [-0.2, 0) is 4.74 Å². The maximum absolute atomic E-state index is 5.28. The largest absolute Gasteiger partial charge is 0.384 e. The molecule has 1 nitrogen and oxygen atoms in total. The fourth-order valence-electron chi connectivity index (χ4n) is 3.82. The van der Waals surface area contributed by atoms with Crippen molar-refractivity contribution in [3.63, 3.8) is 0 Å². The van der Waals surface area contributed by atoms with E-state index in [1.807, 2.05) is 7.11 Å². The van der Waals surface area contributed by atoms with E-state index in [0.29, 0.717) is 0 Å². The Bertz CT molecular complexity index is 195. The smallest absolute Gasteiger partial charge is 0.0490 e. The van der Waals surface area contributed by atoms with Crippen molar-refractivity contribution in [2.24, 2.45) is 23.7 Å². The summed E-state index contributed by atoms with van der Waals surface area (Å²) in [4.78, 5) is 0. The van der Waals surface area contributed by atoms with Gasteiger partial charge < -0.3 is 4.74 Å². The lowest BCUT2D eigenvalue weighted by Gasteiger charge is -2.37. The van der Waals surface area contributed by atoms with Crippen LogP contribution >= 0.6 is 0 Å². The minimum absolute atomic E-state index is 0. The predicted octanol–water partition coefficient (Wildman–Crippen LogP) is 6.03. The van der Waals surface area contributed by atoms with Crippen LogP contribution in [0.2, 0.25) is 0 Å². The molecular formula is C17H40O. The van der Waals surface area contributed by atoms with E-state index in [-0.39, 0.29) is 17.7 Å². The van der Waals surface area contributed by atoms with Crippen LogP contribution in [0.1, 0.15) is 76.0 Å². The Morgan fingerprint density at radius 1 is 0.833 bits per heavy atom. The molecule has 2 fully saturated rings. The highest BCUT2D eigenvalue weighted by molar-refractivity contribution is 4.81. The Morgan fingerprint density at radius 2 is 1.28 bits per heavy atom. The number of hydrogen-bond acceptors (Lipinski definition) is 1. The molecule has 0 aromatic rings. The molecule has 0 unspecified atom stereocenters. The number of rotatable bonds is 3. The summed E-state index contributed by atoms with van der Waals surface area (Å²) in [5.74, 6) is 3.99. The summed E-state index contributed by atoms with van der Waals surface area (Å²) in [6.45, 7) is 3.42. The lowest BCUT2D eigenvalue weighted by atomic mass is 9.69. The van der Waals surface area contributed by atoms with Gasteiger partial charge in [-0.25, -0.2) is 0 Å². The summed E-state index contributed by atoms with van der Waals surface area (Å²) in [7, 11) is 1.84. The Balaban J connectivity index is -0.000000722. The van der Waals surface area contributed by atoms with Crippen LogP contribution in [0.4, 0.5) is 0 Å². The molecular weight excluding hydrogens is 220 g/mol. The zero-order valence-corrected chi connectivity index (χ0v) is 11.1. The molecule has 18 heavy (non-hydrogen) atoms. The molecule has 0 atom stereocenters. The molecule has 2 aliphatic rings.